The standard InChI is InChI=1S/C13H18BrNS/c1-9-11(7-6-8-12(9)14)10(2)15-16-13(3,4)5/h6-8H,1-5H3. The molecule has 0 heterocycles. The van der Waals surface area contributed by atoms with Crippen LogP contribution in [0.1, 0.15) is 38.8 Å². The Morgan fingerprint density at radius 1 is 1.31 bits per heavy atom. The number of rotatable bonds is 2. The van der Waals surface area contributed by atoms with Gasteiger partial charge in [-0.1, -0.05) is 28.1 Å². The zero-order chi connectivity index (χ0) is 12.3. The summed E-state index contributed by atoms with van der Waals surface area (Å²) in [7, 11) is 0. The molecule has 1 aromatic rings. The molecule has 0 aliphatic rings. The van der Waals surface area contributed by atoms with Gasteiger partial charge in [-0.2, -0.15) is 0 Å². The molecule has 0 radical (unpaired) electrons. The second-order valence-corrected chi connectivity index (χ2v) is 7.24. The Morgan fingerprint density at radius 3 is 2.50 bits per heavy atom. The van der Waals surface area contributed by atoms with E-state index in [0.717, 1.165) is 10.2 Å². The molecule has 1 rings (SSSR count). The van der Waals surface area contributed by atoms with Crippen LogP contribution in [0.5, 0.6) is 0 Å². The van der Waals surface area contributed by atoms with E-state index in [1.807, 2.05) is 6.07 Å². The van der Waals surface area contributed by atoms with Crippen molar-refractivity contribution >= 4 is 33.6 Å². The van der Waals surface area contributed by atoms with Crippen LogP contribution in [0.3, 0.4) is 0 Å². The monoisotopic (exact) mass is 299 g/mol. The number of halogens is 1. The van der Waals surface area contributed by atoms with Crippen LogP contribution in [0.4, 0.5) is 0 Å². The van der Waals surface area contributed by atoms with Gasteiger partial charge in [-0.15, -0.1) is 0 Å². The minimum atomic E-state index is 0.168. The Morgan fingerprint density at radius 2 is 1.94 bits per heavy atom. The molecule has 1 nitrogen and oxygen atoms in total. The molecule has 1 aromatic carbocycles. The molecule has 0 aliphatic heterocycles. The SMILES string of the molecule is CC(=NSC(C)(C)C)c1cccc(Br)c1C. The van der Waals surface area contributed by atoms with Gasteiger partial charge in [0.15, 0.2) is 0 Å². The van der Waals surface area contributed by atoms with E-state index >= 15 is 0 Å². The first-order chi connectivity index (χ1) is 7.31. The molecule has 16 heavy (non-hydrogen) atoms. The first-order valence-electron chi connectivity index (χ1n) is 5.29. The van der Waals surface area contributed by atoms with Crippen molar-refractivity contribution in [3.8, 4) is 0 Å². The second kappa shape index (κ2) is 5.37. The third kappa shape index (κ3) is 3.95. The highest BCUT2D eigenvalue weighted by molar-refractivity contribution is 9.10. The van der Waals surface area contributed by atoms with Gasteiger partial charge >= 0.3 is 0 Å². The molecule has 0 saturated carbocycles. The van der Waals surface area contributed by atoms with E-state index in [1.54, 1.807) is 11.9 Å². The minimum absolute atomic E-state index is 0.168. The average molecular weight is 300 g/mol. The van der Waals surface area contributed by atoms with Crippen LogP contribution in [-0.4, -0.2) is 10.5 Å². The maximum absolute atomic E-state index is 4.58. The quantitative estimate of drug-likeness (QED) is 0.552. The van der Waals surface area contributed by atoms with Gasteiger partial charge in [0.2, 0.25) is 0 Å². The van der Waals surface area contributed by atoms with Crippen LogP contribution in [0, 0.1) is 6.92 Å². The molecule has 88 valence electrons. The smallest absolute Gasteiger partial charge is 0.0531 e. The third-order valence-electron chi connectivity index (χ3n) is 2.11. The van der Waals surface area contributed by atoms with E-state index in [-0.39, 0.29) is 4.75 Å². The van der Waals surface area contributed by atoms with E-state index in [0.29, 0.717) is 0 Å². The molecule has 0 unspecified atom stereocenters. The molecule has 0 atom stereocenters. The van der Waals surface area contributed by atoms with Gasteiger partial charge in [0, 0.05) is 14.8 Å². The molecule has 0 saturated heterocycles. The van der Waals surface area contributed by atoms with E-state index in [2.05, 4.69) is 67.1 Å². The first-order valence-corrected chi connectivity index (χ1v) is 6.86. The summed E-state index contributed by atoms with van der Waals surface area (Å²) in [5.41, 5.74) is 3.54. The number of hydrogen-bond donors (Lipinski definition) is 0. The van der Waals surface area contributed by atoms with Crippen molar-refractivity contribution in [1.82, 2.24) is 0 Å². The fraction of sp³-hybridized carbons (Fsp3) is 0.462. The maximum Gasteiger partial charge on any atom is 0.0531 e. The minimum Gasteiger partial charge on any atom is -0.220 e. The number of hydrogen-bond acceptors (Lipinski definition) is 2. The Labute approximate surface area is 111 Å². The summed E-state index contributed by atoms with van der Waals surface area (Å²) < 4.78 is 5.89. The van der Waals surface area contributed by atoms with Crippen LogP contribution in [-0.2, 0) is 0 Å². The molecule has 0 N–H and O–H groups in total. The third-order valence-corrected chi connectivity index (χ3v) is 3.89. The lowest BCUT2D eigenvalue weighted by atomic mass is 10.1. The summed E-state index contributed by atoms with van der Waals surface area (Å²) in [5.74, 6) is 0. The lowest BCUT2D eigenvalue weighted by Crippen LogP contribution is -2.07. The molecule has 0 aromatic heterocycles. The lowest BCUT2D eigenvalue weighted by Gasteiger charge is -2.14. The van der Waals surface area contributed by atoms with Gasteiger partial charge in [0.05, 0.1) is 5.71 Å². The lowest BCUT2D eigenvalue weighted by molar-refractivity contribution is 0.804. The van der Waals surface area contributed by atoms with Crippen molar-refractivity contribution in [2.24, 2.45) is 4.40 Å². The van der Waals surface area contributed by atoms with Crippen molar-refractivity contribution in [2.45, 2.75) is 39.4 Å². The van der Waals surface area contributed by atoms with Crippen LogP contribution < -0.4 is 0 Å². The molecule has 0 amide bonds. The van der Waals surface area contributed by atoms with Gasteiger partial charge in [0.1, 0.15) is 0 Å². The first kappa shape index (κ1) is 13.8. The normalized spacial score (nSPS) is 13.0. The van der Waals surface area contributed by atoms with E-state index in [4.69, 9.17) is 0 Å². The van der Waals surface area contributed by atoms with E-state index < -0.39 is 0 Å². The topological polar surface area (TPSA) is 12.4 Å². The predicted octanol–water partition coefficient (Wildman–Crippen LogP) is 5.01. The summed E-state index contributed by atoms with van der Waals surface area (Å²) in [4.78, 5) is 0. The summed E-state index contributed by atoms with van der Waals surface area (Å²) in [6.07, 6.45) is 0. The molecule has 0 fully saturated rings. The summed E-state index contributed by atoms with van der Waals surface area (Å²) in [6.45, 7) is 10.7. The number of benzene rings is 1. The summed E-state index contributed by atoms with van der Waals surface area (Å²) >= 11 is 5.17. The molecule has 0 aliphatic carbocycles. The highest BCUT2D eigenvalue weighted by Gasteiger charge is 2.11. The predicted molar refractivity (Wildman–Crippen MR) is 78.4 cm³/mol. The van der Waals surface area contributed by atoms with E-state index in [1.165, 1.54) is 11.1 Å². The fourth-order valence-electron chi connectivity index (χ4n) is 1.25. The highest BCUT2D eigenvalue weighted by Crippen LogP contribution is 2.26. The zero-order valence-corrected chi connectivity index (χ0v) is 12.9. The summed E-state index contributed by atoms with van der Waals surface area (Å²) in [5, 5.41) is 0. The molecular weight excluding hydrogens is 282 g/mol. The Hall–Kier alpha value is -0.280. The Bertz CT molecular complexity index is 405. The van der Waals surface area contributed by atoms with Gasteiger partial charge in [-0.3, -0.25) is 0 Å². The van der Waals surface area contributed by atoms with Gasteiger partial charge in [-0.05, 0) is 58.2 Å². The molecular formula is C13H18BrNS. The van der Waals surface area contributed by atoms with Gasteiger partial charge in [-0.25, -0.2) is 4.40 Å². The van der Waals surface area contributed by atoms with Gasteiger partial charge < -0.3 is 0 Å². The average Bonchev–Trinajstić information content (AvgIpc) is 2.17. The van der Waals surface area contributed by atoms with Crippen molar-refractivity contribution in [1.29, 1.82) is 0 Å². The number of nitrogens with zero attached hydrogens (tertiary/aromatic N) is 1. The molecule has 0 bridgehead atoms. The Balaban J connectivity index is 2.97. The van der Waals surface area contributed by atoms with Crippen LogP contribution in [0.15, 0.2) is 27.1 Å². The van der Waals surface area contributed by atoms with Crippen LogP contribution in [0.25, 0.3) is 0 Å². The maximum atomic E-state index is 4.58. The van der Waals surface area contributed by atoms with Crippen LogP contribution in [0.2, 0.25) is 0 Å². The summed E-state index contributed by atoms with van der Waals surface area (Å²) in [6, 6.07) is 6.22. The molecule has 0 spiro atoms. The highest BCUT2D eigenvalue weighted by atomic mass is 79.9. The fourth-order valence-corrected chi connectivity index (χ4v) is 2.13. The second-order valence-electron chi connectivity index (χ2n) is 4.79. The molecule has 3 heteroatoms. The van der Waals surface area contributed by atoms with Crippen molar-refractivity contribution < 1.29 is 0 Å². The van der Waals surface area contributed by atoms with Crippen molar-refractivity contribution in [3.05, 3.63) is 33.8 Å². The van der Waals surface area contributed by atoms with E-state index in [9.17, 15) is 0 Å². The van der Waals surface area contributed by atoms with Gasteiger partial charge in [0.25, 0.3) is 0 Å². The largest absolute Gasteiger partial charge is 0.220 e. The van der Waals surface area contributed by atoms with Crippen molar-refractivity contribution in [2.75, 3.05) is 0 Å². The Kier molecular flexibility index (Phi) is 4.62. The van der Waals surface area contributed by atoms with Crippen LogP contribution >= 0.6 is 27.9 Å². The van der Waals surface area contributed by atoms with Crippen molar-refractivity contribution in [3.63, 3.8) is 0 Å². The zero-order valence-electron chi connectivity index (χ0n) is 10.5.